The second kappa shape index (κ2) is 5.87. The Kier molecular flexibility index (Phi) is 4.18. The van der Waals surface area contributed by atoms with Crippen LogP contribution in [0.4, 0.5) is 10.1 Å². The molecule has 1 spiro atoms. The summed E-state index contributed by atoms with van der Waals surface area (Å²) in [5, 5.41) is 2.74. The minimum absolute atomic E-state index is 0.125. The SMILES string of the molecule is CS(=O)(=O)Cc1cc(F)ccc1NC(=O)C1CC2(CCCO2)C1. The highest BCUT2D eigenvalue weighted by atomic mass is 32.2. The first-order valence-corrected chi connectivity index (χ1v) is 9.73. The molecule has 1 N–H and O–H groups in total. The van der Waals surface area contributed by atoms with Crippen LogP contribution in [-0.4, -0.2) is 32.8 Å². The predicted octanol–water partition coefficient (Wildman–Crippen LogP) is 2.27. The van der Waals surface area contributed by atoms with Gasteiger partial charge in [-0.05, 0) is 49.4 Å². The minimum atomic E-state index is -3.32. The maximum atomic E-state index is 13.4. The summed E-state index contributed by atoms with van der Waals surface area (Å²) in [6.07, 6.45) is 4.50. The van der Waals surface area contributed by atoms with Crippen molar-refractivity contribution >= 4 is 21.4 Å². The van der Waals surface area contributed by atoms with Crippen molar-refractivity contribution in [2.75, 3.05) is 18.2 Å². The highest BCUT2D eigenvalue weighted by molar-refractivity contribution is 7.89. The normalized spacial score (nSPS) is 27.0. The Labute approximate surface area is 135 Å². The summed E-state index contributed by atoms with van der Waals surface area (Å²) in [6, 6.07) is 3.77. The van der Waals surface area contributed by atoms with E-state index in [-0.39, 0.29) is 28.7 Å². The average Bonchev–Trinajstić information content (AvgIpc) is 2.88. The second-order valence-corrected chi connectivity index (χ2v) is 8.74. The molecule has 0 aromatic heterocycles. The van der Waals surface area contributed by atoms with Crippen LogP contribution in [0.3, 0.4) is 0 Å². The molecule has 0 atom stereocenters. The highest BCUT2D eigenvalue weighted by Gasteiger charge is 2.50. The summed E-state index contributed by atoms with van der Waals surface area (Å²) in [7, 11) is -3.32. The Bertz CT molecular complexity index is 718. The molecule has 1 saturated carbocycles. The van der Waals surface area contributed by atoms with E-state index < -0.39 is 15.7 Å². The molecule has 126 valence electrons. The quantitative estimate of drug-likeness (QED) is 0.912. The molecule has 2 aliphatic rings. The van der Waals surface area contributed by atoms with Crippen LogP contribution < -0.4 is 5.32 Å². The summed E-state index contributed by atoms with van der Waals surface area (Å²) in [4.78, 5) is 12.3. The zero-order valence-corrected chi connectivity index (χ0v) is 13.8. The Morgan fingerprint density at radius 1 is 1.43 bits per heavy atom. The van der Waals surface area contributed by atoms with Gasteiger partial charge in [-0.25, -0.2) is 12.8 Å². The number of rotatable bonds is 4. The zero-order chi connectivity index (χ0) is 16.7. The van der Waals surface area contributed by atoms with E-state index in [0.717, 1.165) is 31.8 Å². The number of sulfone groups is 1. The monoisotopic (exact) mass is 341 g/mol. The lowest BCUT2D eigenvalue weighted by molar-refractivity contribution is -0.138. The van der Waals surface area contributed by atoms with E-state index in [1.54, 1.807) is 0 Å². The number of ether oxygens (including phenoxy) is 1. The van der Waals surface area contributed by atoms with Gasteiger partial charge in [0, 0.05) is 24.5 Å². The van der Waals surface area contributed by atoms with Crippen molar-refractivity contribution in [2.24, 2.45) is 5.92 Å². The molecule has 5 nitrogen and oxygen atoms in total. The number of benzene rings is 1. The fraction of sp³-hybridized carbons (Fsp3) is 0.562. The maximum absolute atomic E-state index is 13.4. The van der Waals surface area contributed by atoms with Crippen molar-refractivity contribution in [1.29, 1.82) is 0 Å². The smallest absolute Gasteiger partial charge is 0.227 e. The Morgan fingerprint density at radius 3 is 2.78 bits per heavy atom. The highest BCUT2D eigenvalue weighted by Crippen LogP contribution is 2.47. The van der Waals surface area contributed by atoms with Crippen molar-refractivity contribution < 1.29 is 22.3 Å². The van der Waals surface area contributed by atoms with E-state index in [4.69, 9.17) is 4.74 Å². The molecule has 1 aromatic carbocycles. The van der Waals surface area contributed by atoms with Crippen LogP contribution in [0.1, 0.15) is 31.2 Å². The fourth-order valence-corrected chi connectivity index (χ4v) is 4.23. The summed E-state index contributed by atoms with van der Waals surface area (Å²) in [5.74, 6) is -1.13. The van der Waals surface area contributed by atoms with Gasteiger partial charge < -0.3 is 10.1 Å². The number of anilines is 1. The third-order valence-electron chi connectivity index (χ3n) is 4.54. The van der Waals surface area contributed by atoms with Crippen LogP contribution in [0, 0.1) is 11.7 Å². The van der Waals surface area contributed by atoms with Crippen molar-refractivity contribution in [3.05, 3.63) is 29.6 Å². The molecule has 1 aliphatic heterocycles. The summed E-state index contributed by atoms with van der Waals surface area (Å²) >= 11 is 0. The van der Waals surface area contributed by atoms with E-state index >= 15 is 0 Å². The summed E-state index contributed by atoms with van der Waals surface area (Å²) < 4.78 is 42.0. The topological polar surface area (TPSA) is 72.5 Å². The number of nitrogens with one attached hydrogen (secondary N) is 1. The van der Waals surface area contributed by atoms with Gasteiger partial charge in [0.2, 0.25) is 5.91 Å². The molecule has 2 fully saturated rings. The number of carbonyl (C=O) groups is 1. The second-order valence-electron chi connectivity index (χ2n) is 6.60. The van der Waals surface area contributed by atoms with Crippen LogP contribution in [0.25, 0.3) is 0 Å². The Hall–Kier alpha value is -1.47. The molecule has 3 rings (SSSR count). The molecule has 7 heteroatoms. The van der Waals surface area contributed by atoms with Gasteiger partial charge in [0.15, 0.2) is 9.84 Å². The molecule has 1 aliphatic carbocycles. The molecule has 1 aromatic rings. The van der Waals surface area contributed by atoms with Gasteiger partial charge in [-0.1, -0.05) is 0 Å². The molecule has 0 radical (unpaired) electrons. The number of amides is 1. The van der Waals surface area contributed by atoms with E-state index in [1.807, 2.05) is 0 Å². The maximum Gasteiger partial charge on any atom is 0.227 e. The van der Waals surface area contributed by atoms with Gasteiger partial charge in [0.05, 0.1) is 11.4 Å². The van der Waals surface area contributed by atoms with Crippen LogP contribution in [0.5, 0.6) is 0 Å². The molecule has 1 heterocycles. The largest absolute Gasteiger partial charge is 0.375 e. The third-order valence-corrected chi connectivity index (χ3v) is 5.37. The number of hydrogen-bond donors (Lipinski definition) is 1. The fourth-order valence-electron chi connectivity index (χ4n) is 3.42. The molecular formula is C16H20FNO4S. The van der Waals surface area contributed by atoms with Gasteiger partial charge in [-0.3, -0.25) is 4.79 Å². The number of carbonyl (C=O) groups excluding carboxylic acids is 1. The van der Waals surface area contributed by atoms with E-state index in [9.17, 15) is 17.6 Å². The molecule has 1 amide bonds. The van der Waals surface area contributed by atoms with Gasteiger partial charge >= 0.3 is 0 Å². The number of hydrogen-bond acceptors (Lipinski definition) is 4. The Balaban J connectivity index is 1.69. The lowest BCUT2D eigenvalue weighted by atomic mass is 9.69. The zero-order valence-electron chi connectivity index (χ0n) is 13.0. The first kappa shape index (κ1) is 16.4. The standard InChI is InChI=1S/C16H20FNO4S/c1-23(20,21)10-11-7-13(17)3-4-14(11)18-15(19)12-8-16(9-12)5-2-6-22-16/h3-4,7,12H,2,5-6,8-10H2,1H3,(H,18,19). The van der Waals surface area contributed by atoms with Gasteiger partial charge in [0.1, 0.15) is 5.82 Å². The van der Waals surface area contributed by atoms with Gasteiger partial charge in [-0.2, -0.15) is 0 Å². The molecule has 0 bridgehead atoms. The third kappa shape index (κ3) is 3.72. The first-order valence-electron chi connectivity index (χ1n) is 7.67. The number of halogens is 1. The lowest BCUT2D eigenvalue weighted by Gasteiger charge is -2.43. The molecular weight excluding hydrogens is 321 g/mol. The van der Waals surface area contributed by atoms with Crippen LogP contribution in [0.2, 0.25) is 0 Å². The first-order chi connectivity index (χ1) is 10.8. The summed E-state index contributed by atoms with van der Waals surface area (Å²) in [6.45, 7) is 0.755. The van der Waals surface area contributed by atoms with E-state index in [0.29, 0.717) is 18.5 Å². The van der Waals surface area contributed by atoms with Gasteiger partial charge in [-0.15, -0.1) is 0 Å². The lowest BCUT2D eigenvalue weighted by Crippen LogP contribution is -2.48. The van der Waals surface area contributed by atoms with Crippen LogP contribution in [-0.2, 0) is 25.1 Å². The van der Waals surface area contributed by atoms with E-state index in [1.165, 1.54) is 12.1 Å². The average molecular weight is 341 g/mol. The predicted molar refractivity (Wildman–Crippen MR) is 84.2 cm³/mol. The summed E-state index contributed by atoms with van der Waals surface area (Å²) in [5.41, 5.74) is 0.502. The van der Waals surface area contributed by atoms with Crippen molar-refractivity contribution in [2.45, 2.75) is 37.0 Å². The Morgan fingerprint density at radius 2 is 2.17 bits per heavy atom. The molecule has 23 heavy (non-hydrogen) atoms. The van der Waals surface area contributed by atoms with Crippen LogP contribution >= 0.6 is 0 Å². The molecule has 1 saturated heterocycles. The van der Waals surface area contributed by atoms with E-state index in [2.05, 4.69) is 5.32 Å². The van der Waals surface area contributed by atoms with Crippen LogP contribution in [0.15, 0.2) is 18.2 Å². The minimum Gasteiger partial charge on any atom is -0.375 e. The molecule has 0 unspecified atom stereocenters. The van der Waals surface area contributed by atoms with Crippen molar-refractivity contribution in [3.8, 4) is 0 Å². The van der Waals surface area contributed by atoms with Crippen molar-refractivity contribution in [3.63, 3.8) is 0 Å². The van der Waals surface area contributed by atoms with Crippen molar-refractivity contribution in [1.82, 2.24) is 0 Å². The van der Waals surface area contributed by atoms with Gasteiger partial charge in [0.25, 0.3) is 0 Å².